The van der Waals surface area contributed by atoms with Gasteiger partial charge < -0.3 is 23.8 Å². The summed E-state index contributed by atoms with van der Waals surface area (Å²) < 4.78 is 21.7. The summed E-state index contributed by atoms with van der Waals surface area (Å²) in [4.78, 5) is 17.0. The molecule has 1 heterocycles. The molecule has 0 aromatic heterocycles. The molecule has 1 aliphatic rings. The number of hydrogen-bond donors (Lipinski definition) is 0. The molecule has 1 aliphatic heterocycles. The standard InChI is InChI=1S/C24H32N2O5.ClH/c1-18(14-19-8-6-5-7-9-19)25-10-12-26(13-11-25)23(27)17-31-20-15-21(28-2)24(30-4)22(16-20)29-3;/h5-9,15-16,18H,10-14,17H2,1-4H3;1H. The Morgan fingerprint density at radius 2 is 1.53 bits per heavy atom. The summed E-state index contributed by atoms with van der Waals surface area (Å²) in [6.07, 6.45) is 1.01. The van der Waals surface area contributed by atoms with Gasteiger partial charge in [0.1, 0.15) is 5.75 Å². The lowest BCUT2D eigenvalue weighted by molar-refractivity contribution is -0.135. The summed E-state index contributed by atoms with van der Waals surface area (Å²) >= 11 is 0. The molecular formula is C24H33ClN2O5. The molecule has 8 heteroatoms. The molecule has 2 aromatic rings. The third kappa shape index (κ3) is 6.43. The van der Waals surface area contributed by atoms with Gasteiger partial charge in [-0.05, 0) is 18.9 Å². The summed E-state index contributed by atoms with van der Waals surface area (Å²) in [6, 6.07) is 14.3. The molecular weight excluding hydrogens is 432 g/mol. The number of amides is 1. The molecule has 0 bridgehead atoms. The van der Waals surface area contributed by atoms with Crippen LogP contribution in [0.1, 0.15) is 12.5 Å². The average molecular weight is 465 g/mol. The molecule has 1 unspecified atom stereocenters. The topological polar surface area (TPSA) is 60.5 Å². The maximum atomic E-state index is 12.7. The van der Waals surface area contributed by atoms with Crippen LogP contribution in [0.25, 0.3) is 0 Å². The molecule has 1 atom stereocenters. The largest absolute Gasteiger partial charge is 0.493 e. The number of hydrogen-bond acceptors (Lipinski definition) is 6. The van der Waals surface area contributed by atoms with Crippen LogP contribution >= 0.6 is 12.4 Å². The zero-order valence-electron chi connectivity index (χ0n) is 19.2. The predicted molar refractivity (Wildman–Crippen MR) is 127 cm³/mol. The van der Waals surface area contributed by atoms with Gasteiger partial charge in [0.25, 0.3) is 5.91 Å². The van der Waals surface area contributed by atoms with Gasteiger partial charge in [-0.3, -0.25) is 9.69 Å². The van der Waals surface area contributed by atoms with E-state index in [4.69, 9.17) is 18.9 Å². The maximum Gasteiger partial charge on any atom is 0.260 e. The fraction of sp³-hybridized carbons (Fsp3) is 0.458. The number of carbonyl (C=O) groups excluding carboxylic acids is 1. The molecule has 2 aromatic carbocycles. The van der Waals surface area contributed by atoms with Crippen molar-refractivity contribution in [2.45, 2.75) is 19.4 Å². The number of nitrogens with zero attached hydrogens (tertiary/aromatic N) is 2. The average Bonchev–Trinajstić information content (AvgIpc) is 2.82. The van der Waals surface area contributed by atoms with E-state index < -0.39 is 0 Å². The van der Waals surface area contributed by atoms with Crippen molar-refractivity contribution in [1.82, 2.24) is 9.80 Å². The first-order valence-electron chi connectivity index (χ1n) is 10.5. The van der Waals surface area contributed by atoms with Crippen LogP contribution in [-0.2, 0) is 11.2 Å². The lowest BCUT2D eigenvalue weighted by atomic mass is 10.1. The molecule has 0 saturated carbocycles. The fourth-order valence-corrected chi connectivity index (χ4v) is 3.87. The summed E-state index contributed by atoms with van der Waals surface area (Å²) in [5.41, 5.74) is 1.34. The van der Waals surface area contributed by atoms with E-state index in [0.29, 0.717) is 42.1 Å². The molecule has 3 rings (SSSR count). The van der Waals surface area contributed by atoms with Crippen LogP contribution in [0.4, 0.5) is 0 Å². The van der Waals surface area contributed by atoms with Crippen LogP contribution in [0, 0.1) is 0 Å². The van der Waals surface area contributed by atoms with E-state index in [2.05, 4.69) is 36.1 Å². The number of halogens is 1. The van der Waals surface area contributed by atoms with Crippen molar-refractivity contribution in [3.8, 4) is 23.0 Å². The highest BCUT2D eigenvalue weighted by molar-refractivity contribution is 5.85. The minimum Gasteiger partial charge on any atom is -0.493 e. The third-order valence-electron chi connectivity index (χ3n) is 5.66. The normalized spacial score (nSPS) is 14.8. The van der Waals surface area contributed by atoms with Crippen molar-refractivity contribution in [2.24, 2.45) is 0 Å². The fourth-order valence-electron chi connectivity index (χ4n) is 3.87. The molecule has 7 nitrogen and oxygen atoms in total. The maximum absolute atomic E-state index is 12.7. The number of benzene rings is 2. The summed E-state index contributed by atoms with van der Waals surface area (Å²) in [5, 5.41) is 0. The van der Waals surface area contributed by atoms with Crippen LogP contribution in [0.2, 0.25) is 0 Å². The number of carbonyl (C=O) groups is 1. The first kappa shape index (κ1) is 25.6. The summed E-state index contributed by atoms with van der Waals surface area (Å²) in [6.45, 7) is 5.36. The molecule has 0 N–H and O–H groups in total. The van der Waals surface area contributed by atoms with Gasteiger partial charge in [-0.2, -0.15) is 0 Å². The van der Waals surface area contributed by atoms with E-state index in [0.717, 1.165) is 19.5 Å². The van der Waals surface area contributed by atoms with E-state index in [1.807, 2.05) is 11.0 Å². The van der Waals surface area contributed by atoms with Gasteiger partial charge in [-0.1, -0.05) is 30.3 Å². The van der Waals surface area contributed by atoms with Crippen LogP contribution in [0.15, 0.2) is 42.5 Å². The molecule has 1 amide bonds. The Hall–Kier alpha value is -2.64. The van der Waals surface area contributed by atoms with Crippen molar-refractivity contribution in [2.75, 3.05) is 54.1 Å². The first-order valence-corrected chi connectivity index (χ1v) is 10.5. The second-order valence-electron chi connectivity index (χ2n) is 7.61. The quantitative estimate of drug-likeness (QED) is 0.567. The van der Waals surface area contributed by atoms with E-state index in [1.54, 1.807) is 33.5 Å². The van der Waals surface area contributed by atoms with Crippen LogP contribution < -0.4 is 18.9 Å². The zero-order chi connectivity index (χ0) is 22.2. The van der Waals surface area contributed by atoms with Crippen LogP contribution in [-0.4, -0.2) is 75.9 Å². The molecule has 1 saturated heterocycles. The highest BCUT2D eigenvalue weighted by atomic mass is 35.5. The SMILES string of the molecule is COc1cc(OCC(=O)N2CCN(C(C)Cc3ccccc3)CC2)cc(OC)c1OC.Cl. The lowest BCUT2D eigenvalue weighted by Crippen LogP contribution is -2.52. The van der Waals surface area contributed by atoms with Gasteiger partial charge >= 0.3 is 0 Å². The van der Waals surface area contributed by atoms with E-state index in [9.17, 15) is 4.79 Å². The lowest BCUT2D eigenvalue weighted by Gasteiger charge is -2.38. The Kier molecular flexibility index (Phi) is 9.94. The van der Waals surface area contributed by atoms with Gasteiger partial charge in [-0.15, -0.1) is 12.4 Å². The highest BCUT2D eigenvalue weighted by Crippen LogP contribution is 2.40. The Morgan fingerprint density at radius 3 is 2.06 bits per heavy atom. The highest BCUT2D eigenvalue weighted by Gasteiger charge is 2.24. The second-order valence-corrected chi connectivity index (χ2v) is 7.61. The molecule has 32 heavy (non-hydrogen) atoms. The molecule has 0 spiro atoms. The Bertz CT molecular complexity index is 832. The van der Waals surface area contributed by atoms with Gasteiger partial charge in [0.15, 0.2) is 18.1 Å². The zero-order valence-corrected chi connectivity index (χ0v) is 20.0. The van der Waals surface area contributed by atoms with Crippen LogP contribution in [0.3, 0.4) is 0 Å². The molecule has 0 radical (unpaired) electrons. The van der Waals surface area contributed by atoms with E-state index >= 15 is 0 Å². The van der Waals surface area contributed by atoms with Gasteiger partial charge in [0.2, 0.25) is 5.75 Å². The number of methoxy groups -OCH3 is 3. The smallest absolute Gasteiger partial charge is 0.260 e. The van der Waals surface area contributed by atoms with Crippen molar-refractivity contribution >= 4 is 18.3 Å². The Morgan fingerprint density at radius 1 is 0.938 bits per heavy atom. The van der Waals surface area contributed by atoms with Crippen molar-refractivity contribution in [3.05, 3.63) is 48.0 Å². The Balaban J connectivity index is 0.00000363. The van der Waals surface area contributed by atoms with Gasteiger partial charge in [0.05, 0.1) is 21.3 Å². The van der Waals surface area contributed by atoms with Gasteiger partial charge in [0, 0.05) is 44.4 Å². The third-order valence-corrected chi connectivity index (χ3v) is 5.66. The first-order chi connectivity index (χ1) is 15.0. The molecule has 1 fully saturated rings. The molecule has 0 aliphatic carbocycles. The Labute approximate surface area is 196 Å². The van der Waals surface area contributed by atoms with Crippen molar-refractivity contribution in [3.63, 3.8) is 0 Å². The monoisotopic (exact) mass is 464 g/mol. The van der Waals surface area contributed by atoms with Gasteiger partial charge in [-0.25, -0.2) is 0 Å². The summed E-state index contributed by atoms with van der Waals surface area (Å²) in [5.74, 6) is 1.95. The minimum absolute atomic E-state index is 0. The van der Waals surface area contributed by atoms with E-state index in [-0.39, 0.29) is 24.9 Å². The van der Waals surface area contributed by atoms with Crippen molar-refractivity contribution < 1.29 is 23.7 Å². The number of ether oxygens (including phenoxy) is 4. The second kappa shape index (κ2) is 12.4. The van der Waals surface area contributed by atoms with Crippen molar-refractivity contribution in [1.29, 1.82) is 0 Å². The number of piperazine rings is 1. The minimum atomic E-state index is -0.0296. The molecule has 176 valence electrons. The predicted octanol–water partition coefficient (Wildman–Crippen LogP) is 3.29. The summed E-state index contributed by atoms with van der Waals surface area (Å²) in [7, 11) is 4.64. The number of rotatable bonds is 9. The van der Waals surface area contributed by atoms with E-state index in [1.165, 1.54) is 5.56 Å². The van der Waals surface area contributed by atoms with Crippen LogP contribution in [0.5, 0.6) is 23.0 Å².